The molecule has 0 radical (unpaired) electrons. The molecule has 0 unspecified atom stereocenters. The number of hydrogen-bond donors (Lipinski definition) is 2. The first-order valence-electron chi connectivity index (χ1n) is 5.56. The molecule has 0 bridgehead atoms. The van der Waals surface area contributed by atoms with Gasteiger partial charge in [-0.05, 0) is 5.56 Å². The average molecular weight is 233 g/mol. The number of rotatable bonds is 1. The van der Waals surface area contributed by atoms with Gasteiger partial charge in [-0.25, -0.2) is 4.99 Å². The molecule has 1 fully saturated rings. The molecule has 0 saturated carbocycles. The molecule has 3 rings (SSSR count). The van der Waals surface area contributed by atoms with Gasteiger partial charge >= 0.3 is 0 Å². The molecule has 2 aliphatic rings. The normalized spacial score (nSPS) is 33.2. The minimum atomic E-state index is -0.114. The average Bonchev–Trinajstić information content (AvgIpc) is 2.74. The fourth-order valence-corrected chi connectivity index (χ4v) is 3.61. The highest BCUT2D eigenvalue weighted by Gasteiger charge is 2.46. The molecule has 0 aromatic heterocycles. The molecule has 84 valence electrons. The Morgan fingerprint density at radius 2 is 2.19 bits per heavy atom. The predicted molar refractivity (Wildman–Crippen MR) is 68.6 cm³/mol. The summed E-state index contributed by atoms with van der Waals surface area (Å²) < 4.78 is 0. The van der Waals surface area contributed by atoms with Crippen LogP contribution in [0.25, 0.3) is 0 Å². The lowest BCUT2D eigenvalue weighted by Crippen LogP contribution is -2.39. The van der Waals surface area contributed by atoms with Gasteiger partial charge in [0.2, 0.25) is 0 Å². The monoisotopic (exact) mass is 233 g/mol. The maximum absolute atomic E-state index is 5.90. The number of fused-ring (bicyclic) bond motifs is 1. The lowest BCUT2D eigenvalue weighted by atomic mass is 9.82. The lowest BCUT2D eigenvalue weighted by molar-refractivity contribution is 0.387. The molecule has 0 amide bonds. The number of nitrogens with one attached hydrogen (secondary N) is 1. The van der Waals surface area contributed by atoms with Gasteiger partial charge in [-0.3, -0.25) is 0 Å². The van der Waals surface area contributed by atoms with Crippen LogP contribution in [0, 0.1) is 5.92 Å². The Morgan fingerprint density at radius 1 is 1.38 bits per heavy atom. The van der Waals surface area contributed by atoms with Crippen LogP contribution < -0.4 is 11.1 Å². The van der Waals surface area contributed by atoms with Crippen molar-refractivity contribution in [2.75, 3.05) is 18.8 Å². The summed E-state index contributed by atoms with van der Waals surface area (Å²) in [6, 6.07) is 10.5. The van der Waals surface area contributed by atoms with Gasteiger partial charge in [0.15, 0.2) is 5.17 Å². The van der Waals surface area contributed by atoms with E-state index in [4.69, 9.17) is 10.7 Å². The fraction of sp³-hybridized carbons (Fsp3) is 0.417. The van der Waals surface area contributed by atoms with E-state index in [0.717, 1.165) is 24.0 Å². The summed E-state index contributed by atoms with van der Waals surface area (Å²) in [6.07, 6.45) is 0. The van der Waals surface area contributed by atoms with Crippen LogP contribution in [0.1, 0.15) is 5.56 Å². The number of amidine groups is 1. The Hall–Kier alpha value is -1.00. The van der Waals surface area contributed by atoms with E-state index < -0.39 is 0 Å². The van der Waals surface area contributed by atoms with E-state index in [2.05, 4.69) is 29.6 Å². The van der Waals surface area contributed by atoms with Gasteiger partial charge in [0, 0.05) is 24.8 Å². The van der Waals surface area contributed by atoms with Gasteiger partial charge < -0.3 is 11.1 Å². The highest BCUT2D eigenvalue weighted by atomic mass is 32.2. The van der Waals surface area contributed by atoms with Crippen LogP contribution in [-0.2, 0) is 5.54 Å². The minimum absolute atomic E-state index is 0.114. The van der Waals surface area contributed by atoms with Crippen molar-refractivity contribution in [3.63, 3.8) is 0 Å². The molecule has 0 aliphatic carbocycles. The Balaban J connectivity index is 2.10. The number of nitrogens with zero attached hydrogens (tertiary/aromatic N) is 1. The van der Waals surface area contributed by atoms with E-state index in [1.54, 1.807) is 11.8 Å². The third-order valence-corrected chi connectivity index (χ3v) is 4.43. The van der Waals surface area contributed by atoms with Crippen molar-refractivity contribution in [1.29, 1.82) is 0 Å². The number of nitrogens with two attached hydrogens (primary N) is 1. The van der Waals surface area contributed by atoms with Crippen LogP contribution >= 0.6 is 11.8 Å². The van der Waals surface area contributed by atoms with E-state index in [1.807, 2.05) is 6.07 Å². The van der Waals surface area contributed by atoms with E-state index in [0.29, 0.717) is 5.92 Å². The third-order valence-electron chi connectivity index (χ3n) is 3.48. The number of thioether (sulfide) groups is 1. The van der Waals surface area contributed by atoms with E-state index in [9.17, 15) is 0 Å². The summed E-state index contributed by atoms with van der Waals surface area (Å²) in [7, 11) is 0. The summed E-state index contributed by atoms with van der Waals surface area (Å²) >= 11 is 1.68. The van der Waals surface area contributed by atoms with Crippen molar-refractivity contribution in [2.24, 2.45) is 16.6 Å². The first-order chi connectivity index (χ1) is 7.81. The zero-order valence-corrected chi connectivity index (χ0v) is 9.83. The molecule has 2 atom stereocenters. The van der Waals surface area contributed by atoms with E-state index in [1.165, 1.54) is 5.56 Å². The zero-order chi connectivity index (χ0) is 11.0. The van der Waals surface area contributed by atoms with Gasteiger partial charge in [-0.2, -0.15) is 0 Å². The van der Waals surface area contributed by atoms with E-state index in [-0.39, 0.29) is 5.54 Å². The van der Waals surface area contributed by atoms with Crippen LogP contribution in [0.15, 0.2) is 35.3 Å². The van der Waals surface area contributed by atoms with Crippen LogP contribution in [0.2, 0.25) is 0 Å². The Morgan fingerprint density at radius 3 is 3.00 bits per heavy atom. The molecule has 2 heterocycles. The van der Waals surface area contributed by atoms with Crippen molar-refractivity contribution >= 4 is 16.9 Å². The van der Waals surface area contributed by atoms with Crippen LogP contribution in [0.5, 0.6) is 0 Å². The minimum Gasteiger partial charge on any atom is -0.379 e. The molecule has 0 spiro atoms. The molecule has 4 heteroatoms. The molecule has 1 aromatic rings. The Labute approximate surface area is 99.5 Å². The van der Waals surface area contributed by atoms with Crippen molar-refractivity contribution in [3.05, 3.63) is 35.9 Å². The topological polar surface area (TPSA) is 50.4 Å². The lowest BCUT2D eigenvalue weighted by Gasteiger charge is -2.34. The van der Waals surface area contributed by atoms with Crippen LogP contribution in [0.4, 0.5) is 0 Å². The Bertz CT molecular complexity index is 418. The number of benzene rings is 1. The first kappa shape index (κ1) is 10.2. The van der Waals surface area contributed by atoms with Crippen molar-refractivity contribution in [2.45, 2.75) is 5.54 Å². The fourth-order valence-electron chi connectivity index (χ4n) is 2.62. The summed E-state index contributed by atoms with van der Waals surface area (Å²) in [5.74, 6) is 1.63. The van der Waals surface area contributed by atoms with Gasteiger partial charge in [0.05, 0.1) is 0 Å². The highest BCUT2D eigenvalue weighted by molar-refractivity contribution is 8.13. The molecule has 16 heavy (non-hydrogen) atoms. The molecule has 3 nitrogen and oxygen atoms in total. The Kier molecular flexibility index (Phi) is 2.41. The molecular weight excluding hydrogens is 218 g/mol. The first-order valence-corrected chi connectivity index (χ1v) is 6.54. The largest absolute Gasteiger partial charge is 0.379 e. The molecular formula is C12H15N3S. The van der Waals surface area contributed by atoms with E-state index >= 15 is 0 Å². The summed E-state index contributed by atoms with van der Waals surface area (Å²) in [5, 5.41) is 4.17. The second kappa shape index (κ2) is 3.79. The maximum atomic E-state index is 5.90. The quantitative estimate of drug-likeness (QED) is 0.765. The van der Waals surface area contributed by atoms with Gasteiger partial charge in [-0.15, -0.1) is 0 Å². The van der Waals surface area contributed by atoms with Crippen molar-refractivity contribution < 1.29 is 0 Å². The maximum Gasteiger partial charge on any atom is 0.154 e. The number of hydrogen-bond acceptors (Lipinski definition) is 4. The predicted octanol–water partition coefficient (Wildman–Crippen LogP) is 1.16. The molecule has 1 aromatic carbocycles. The number of aliphatic imine (C=N–C) groups is 1. The van der Waals surface area contributed by atoms with Crippen LogP contribution in [0.3, 0.4) is 0 Å². The summed E-state index contributed by atoms with van der Waals surface area (Å²) in [4.78, 5) is 4.74. The third kappa shape index (κ3) is 1.44. The molecule has 1 saturated heterocycles. The van der Waals surface area contributed by atoms with Crippen molar-refractivity contribution in [1.82, 2.24) is 5.32 Å². The summed E-state index contributed by atoms with van der Waals surface area (Å²) in [5.41, 5.74) is 7.07. The molecule has 3 N–H and O–H groups in total. The second-order valence-electron chi connectivity index (χ2n) is 4.38. The van der Waals surface area contributed by atoms with Gasteiger partial charge in [0.25, 0.3) is 0 Å². The summed E-state index contributed by atoms with van der Waals surface area (Å²) in [6.45, 7) is 1.95. The van der Waals surface area contributed by atoms with Gasteiger partial charge in [-0.1, -0.05) is 42.1 Å². The SMILES string of the molecule is NC1=N[C@@]2(c3ccccc3)CNC[C@H]2CS1. The van der Waals surface area contributed by atoms with Gasteiger partial charge in [0.1, 0.15) is 5.54 Å². The second-order valence-corrected chi connectivity index (χ2v) is 5.42. The molecule has 2 aliphatic heterocycles. The highest BCUT2D eigenvalue weighted by Crippen LogP contribution is 2.41. The van der Waals surface area contributed by atoms with Crippen molar-refractivity contribution in [3.8, 4) is 0 Å². The smallest absolute Gasteiger partial charge is 0.154 e. The zero-order valence-electron chi connectivity index (χ0n) is 9.02. The van der Waals surface area contributed by atoms with Crippen LogP contribution in [-0.4, -0.2) is 24.0 Å². The standard InChI is InChI=1S/C12H15N3S/c13-11-15-12(9-4-2-1-3-5-9)8-14-6-10(12)7-16-11/h1-5,10,14H,6-8H2,(H2,13,15)/t10-,12+/m0/s1.